The van der Waals surface area contributed by atoms with Gasteiger partial charge in [0, 0.05) is 51.4 Å². The van der Waals surface area contributed by atoms with Gasteiger partial charge in [-0.2, -0.15) is 0 Å². The summed E-state index contributed by atoms with van der Waals surface area (Å²) in [7, 11) is 6.50. The molecule has 0 bridgehead atoms. The van der Waals surface area contributed by atoms with E-state index in [0.717, 1.165) is 32.7 Å². The van der Waals surface area contributed by atoms with Crippen LogP contribution in [0.5, 0.6) is 0 Å². The third-order valence-electron chi connectivity index (χ3n) is 3.56. The third kappa shape index (κ3) is 5.34. The molecule has 0 atom stereocenters. The molecule has 0 aromatic heterocycles. The molecule has 0 aromatic rings. The van der Waals surface area contributed by atoms with Crippen LogP contribution in [0.25, 0.3) is 0 Å². The molecule has 1 fully saturated rings. The van der Waals surface area contributed by atoms with Crippen molar-refractivity contribution >= 4 is 0 Å². The van der Waals surface area contributed by atoms with Gasteiger partial charge in [0.05, 0.1) is 0 Å². The molecule has 1 rings (SSSR count). The maximum absolute atomic E-state index is 3.42. The molecule has 0 saturated carbocycles. The first kappa shape index (κ1) is 14.9. The second kappa shape index (κ2) is 6.69. The van der Waals surface area contributed by atoms with E-state index < -0.39 is 0 Å². The summed E-state index contributed by atoms with van der Waals surface area (Å²) >= 11 is 0. The van der Waals surface area contributed by atoms with Crippen LogP contribution >= 0.6 is 0 Å². The first-order valence-corrected chi connectivity index (χ1v) is 6.71. The highest BCUT2D eigenvalue weighted by molar-refractivity contribution is 4.87. The van der Waals surface area contributed by atoms with Crippen molar-refractivity contribution in [2.75, 3.05) is 67.0 Å². The summed E-state index contributed by atoms with van der Waals surface area (Å²) in [5.74, 6) is 0. The minimum absolute atomic E-state index is 0.281. The Bertz CT molecular complexity index is 209. The number of nitrogens with zero attached hydrogens (tertiary/aromatic N) is 3. The van der Waals surface area contributed by atoms with E-state index in [1.807, 2.05) is 0 Å². The molecule has 17 heavy (non-hydrogen) atoms. The lowest BCUT2D eigenvalue weighted by molar-refractivity contribution is 0.0696. The van der Waals surface area contributed by atoms with Crippen molar-refractivity contribution in [3.05, 3.63) is 0 Å². The van der Waals surface area contributed by atoms with E-state index in [-0.39, 0.29) is 5.54 Å². The third-order valence-corrected chi connectivity index (χ3v) is 3.56. The molecule has 4 nitrogen and oxygen atoms in total. The molecule has 1 heterocycles. The molecule has 1 N–H and O–H groups in total. The van der Waals surface area contributed by atoms with E-state index >= 15 is 0 Å². The predicted molar refractivity (Wildman–Crippen MR) is 74.6 cm³/mol. The van der Waals surface area contributed by atoms with Gasteiger partial charge in [-0.25, -0.2) is 0 Å². The molecule has 0 aliphatic carbocycles. The lowest BCUT2D eigenvalue weighted by atomic mass is 10.0. The topological polar surface area (TPSA) is 21.8 Å². The first-order chi connectivity index (χ1) is 7.92. The monoisotopic (exact) mass is 242 g/mol. The number of rotatable bonds is 6. The quantitative estimate of drug-likeness (QED) is 0.716. The van der Waals surface area contributed by atoms with Crippen molar-refractivity contribution in [3.63, 3.8) is 0 Å². The summed E-state index contributed by atoms with van der Waals surface area (Å²) in [6.45, 7) is 12.8. The van der Waals surface area contributed by atoms with E-state index in [0.29, 0.717) is 0 Å². The van der Waals surface area contributed by atoms with E-state index in [2.05, 4.69) is 55.0 Å². The number of likely N-dealkylation sites (N-methyl/N-ethyl adjacent to an activating group) is 2. The van der Waals surface area contributed by atoms with Gasteiger partial charge in [0.25, 0.3) is 0 Å². The minimum atomic E-state index is 0.281. The van der Waals surface area contributed by atoms with Crippen LogP contribution in [0.1, 0.15) is 13.8 Å². The Morgan fingerprint density at radius 2 is 1.65 bits per heavy atom. The molecule has 1 aliphatic heterocycles. The first-order valence-electron chi connectivity index (χ1n) is 6.71. The zero-order valence-corrected chi connectivity index (χ0v) is 12.3. The Labute approximate surface area is 107 Å². The molecule has 0 radical (unpaired) electrons. The predicted octanol–water partition coefficient (Wildman–Crippen LogP) is 0.164. The van der Waals surface area contributed by atoms with Gasteiger partial charge in [0.1, 0.15) is 0 Å². The van der Waals surface area contributed by atoms with E-state index in [1.54, 1.807) is 0 Å². The number of piperazine rings is 1. The molecule has 1 saturated heterocycles. The minimum Gasteiger partial charge on any atom is -0.314 e. The fourth-order valence-electron chi connectivity index (χ4n) is 2.48. The van der Waals surface area contributed by atoms with E-state index in [9.17, 15) is 0 Å². The summed E-state index contributed by atoms with van der Waals surface area (Å²) < 4.78 is 0. The largest absolute Gasteiger partial charge is 0.314 e. The molecule has 0 unspecified atom stereocenters. The molecule has 0 spiro atoms. The summed E-state index contributed by atoms with van der Waals surface area (Å²) in [5.41, 5.74) is 0.281. The molecule has 0 amide bonds. The fourth-order valence-corrected chi connectivity index (χ4v) is 2.48. The van der Waals surface area contributed by atoms with Crippen LogP contribution in [0, 0.1) is 0 Å². The van der Waals surface area contributed by atoms with E-state index in [4.69, 9.17) is 0 Å². The molecule has 1 aliphatic rings. The molecular formula is C13H30N4. The van der Waals surface area contributed by atoms with Gasteiger partial charge in [-0.15, -0.1) is 0 Å². The SMILES string of the molecule is CN(C)CCN(C)CC(C)(C)N1CCNCC1. The highest BCUT2D eigenvalue weighted by Gasteiger charge is 2.28. The maximum atomic E-state index is 3.42. The van der Waals surface area contributed by atoms with Crippen molar-refractivity contribution in [1.29, 1.82) is 0 Å². The molecular weight excluding hydrogens is 212 g/mol. The number of hydrogen-bond donors (Lipinski definition) is 1. The summed E-state index contributed by atoms with van der Waals surface area (Å²) in [6.07, 6.45) is 0. The molecule has 4 heteroatoms. The Balaban J connectivity index is 2.35. The van der Waals surface area contributed by atoms with Gasteiger partial charge in [0.2, 0.25) is 0 Å². The van der Waals surface area contributed by atoms with Gasteiger partial charge < -0.3 is 15.1 Å². The van der Waals surface area contributed by atoms with Crippen molar-refractivity contribution in [3.8, 4) is 0 Å². The molecule has 102 valence electrons. The van der Waals surface area contributed by atoms with Gasteiger partial charge in [0.15, 0.2) is 0 Å². The normalized spacial score (nSPS) is 19.2. The van der Waals surface area contributed by atoms with Gasteiger partial charge in [-0.3, -0.25) is 4.90 Å². The van der Waals surface area contributed by atoms with Crippen LogP contribution in [-0.2, 0) is 0 Å². The summed E-state index contributed by atoms with van der Waals surface area (Å²) in [6, 6.07) is 0. The van der Waals surface area contributed by atoms with Crippen molar-refractivity contribution in [1.82, 2.24) is 20.0 Å². The number of nitrogens with one attached hydrogen (secondary N) is 1. The lowest BCUT2D eigenvalue weighted by Gasteiger charge is -2.43. The van der Waals surface area contributed by atoms with Crippen molar-refractivity contribution in [2.24, 2.45) is 0 Å². The average Bonchev–Trinajstić information content (AvgIpc) is 2.27. The van der Waals surface area contributed by atoms with E-state index in [1.165, 1.54) is 13.1 Å². The van der Waals surface area contributed by atoms with Crippen LogP contribution in [-0.4, -0.2) is 87.2 Å². The summed E-state index contributed by atoms with van der Waals surface area (Å²) in [4.78, 5) is 7.30. The van der Waals surface area contributed by atoms with Crippen LogP contribution in [0.2, 0.25) is 0 Å². The van der Waals surface area contributed by atoms with Crippen LogP contribution in [0.15, 0.2) is 0 Å². The zero-order valence-electron chi connectivity index (χ0n) is 12.3. The standard InChI is InChI=1S/C13H30N4/c1-13(2,17-8-6-14-7-9-17)12-16(5)11-10-15(3)4/h14H,6-12H2,1-5H3. The maximum Gasteiger partial charge on any atom is 0.0281 e. The number of hydrogen-bond acceptors (Lipinski definition) is 4. The Morgan fingerprint density at radius 1 is 1.06 bits per heavy atom. The van der Waals surface area contributed by atoms with Crippen LogP contribution in [0.3, 0.4) is 0 Å². The van der Waals surface area contributed by atoms with Crippen molar-refractivity contribution in [2.45, 2.75) is 19.4 Å². The lowest BCUT2D eigenvalue weighted by Crippen LogP contribution is -2.57. The Kier molecular flexibility index (Phi) is 5.86. The zero-order chi connectivity index (χ0) is 12.9. The summed E-state index contributed by atoms with van der Waals surface area (Å²) in [5, 5.41) is 3.42. The van der Waals surface area contributed by atoms with Gasteiger partial charge in [-0.1, -0.05) is 0 Å². The fraction of sp³-hybridized carbons (Fsp3) is 1.00. The van der Waals surface area contributed by atoms with Gasteiger partial charge in [-0.05, 0) is 35.0 Å². The highest BCUT2D eigenvalue weighted by atomic mass is 15.3. The van der Waals surface area contributed by atoms with Crippen molar-refractivity contribution < 1.29 is 0 Å². The second-order valence-corrected chi connectivity index (χ2v) is 6.09. The Morgan fingerprint density at radius 3 is 2.18 bits per heavy atom. The highest BCUT2D eigenvalue weighted by Crippen LogP contribution is 2.16. The smallest absolute Gasteiger partial charge is 0.0281 e. The average molecular weight is 242 g/mol. The Hall–Kier alpha value is -0.160. The van der Waals surface area contributed by atoms with Crippen LogP contribution in [0.4, 0.5) is 0 Å². The van der Waals surface area contributed by atoms with Crippen LogP contribution < -0.4 is 5.32 Å². The second-order valence-electron chi connectivity index (χ2n) is 6.09. The van der Waals surface area contributed by atoms with Gasteiger partial charge >= 0.3 is 0 Å². The molecule has 0 aromatic carbocycles.